The van der Waals surface area contributed by atoms with Crippen molar-refractivity contribution in [2.75, 3.05) is 19.6 Å². The molecule has 0 aromatic carbocycles. The molecule has 1 aromatic heterocycles. The van der Waals surface area contributed by atoms with Gasteiger partial charge in [-0.05, 0) is 6.42 Å². The Kier molecular flexibility index (Phi) is 4.86. The average Bonchev–Trinajstić information content (AvgIpc) is 2.59. The molecule has 0 bridgehead atoms. The lowest BCUT2D eigenvalue weighted by molar-refractivity contribution is 0.196. The van der Waals surface area contributed by atoms with Gasteiger partial charge in [0, 0.05) is 25.8 Å². The van der Waals surface area contributed by atoms with Crippen LogP contribution in [0.25, 0.3) is 0 Å². The van der Waals surface area contributed by atoms with Gasteiger partial charge in [-0.3, -0.25) is 0 Å². The van der Waals surface area contributed by atoms with E-state index in [9.17, 15) is 0 Å². The van der Waals surface area contributed by atoms with E-state index in [-0.39, 0.29) is 0 Å². The fourth-order valence-electron chi connectivity index (χ4n) is 1.000. The van der Waals surface area contributed by atoms with Gasteiger partial charge in [-0.25, -0.2) is 4.98 Å². The summed E-state index contributed by atoms with van der Waals surface area (Å²) in [5.74, 6) is 2.30. The van der Waals surface area contributed by atoms with E-state index < -0.39 is 0 Å². The maximum atomic E-state index is 5.55. The minimum atomic E-state index is 0.649. The second-order valence-electron chi connectivity index (χ2n) is 2.76. The highest BCUT2D eigenvalue weighted by Crippen LogP contribution is 2.07. The van der Waals surface area contributed by atoms with Crippen molar-refractivity contribution in [3.05, 3.63) is 17.8 Å². The molecule has 0 saturated carbocycles. The third kappa shape index (κ3) is 3.79. The van der Waals surface area contributed by atoms with Gasteiger partial charge < -0.3 is 9.15 Å². The zero-order valence-corrected chi connectivity index (χ0v) is 8.51. The topological polar surface area (TPSA) is 35.3 Å². The van der Waals surface area contributed by atoms with Crippen LogP contribution in [0, 0.1) is 0 Å². The van der Waals surface area contributed by atoms with Crippen molar-refractivity contribution in [3.8, 4) is 0 Å². The molecule has 0 unspecified atom stereocenters. The van der Waals surface area contributed by atoms with Gasteiger partial charge in [0.2, 0.25) is 0 Å². The number of halogens is 1. The summed E-state index contributed by atoms with van der Waals surface area (Å²) < 4.78 is 10.4. The first kappa shape index (κ1) is 10.5. The number of methoxy groups -OCH3 is 1. The summed E-state index contributed by atoms with van der Waals surface area (Å²) in [5.41, 5.74) is 0. The molecule has 4 heteroatoms. The second kappa shape index (κ2) is 6.00. The molecular formula is C9H14ClNO2. The molecule has 0 aliphatic heterocycles. The second-order valence-corrected chi connectivity index (χ2v) is 3.13. The Morgan fingerprint density at radius 2 is 2.38 bits per heavy atom. The quantitative estimate of drug-likeness (QED) is 0.664. The molecule has 1 aromatic rings. The zero-order chi connectivity index (χ0) is 9.52. The summed E-state index contributed by atoms with van der Waals surface area (Å²) >= 11 is 5.55. The van der Waals surface area contributed by atoms with E-state index in [1.54, 1.807) is 13.3 Å². The van der Waals surface area contributed by atoms with Crippen LogP contribution in [0.4, 0.5) is 0 Å². The Hall–Kier alpha value is -0.540. The lowest BCUT2D eigenvalue weighted by atomic mass is 10.3. The molecule has 1 rings (SSSR count). The van der Waals surface area contributed by atoms with Crippen LogP contribution >= 0.6 is 11.6 Å². The number of alkyl halides is 1. The summed E-state index contributed by atoms with van der Waals surface area (Å²) in [6.07, 6.45) is 4.26. The van der Waals surface area contributed by atoms with Crippen LogP contribution in [0.15, 0.2) is 10.6 Å². The molecule has 0 fully saturated rings. The Bertz CT molecular complexity index is 215. The summed E-state index contributed by atoms with van der Waals surface area (Å²) in [6.45, 7) is 0.671. The van der Waals surface area contributed by atoms with Crippen LogP contribution in [0.5, 0.6) is 0 Å². The van der Waals surface area contributed by atoms with Crippen molar-refractivity contribution < 1.29 is 9.15 Å². The van der Waals surface area contributed by atoms with Gasteiger partial charge >= 0.3 is 0 Å². The third-order valence-corrected chi connectivity index (χ3v) is 1.95. The van der Waals surface area contributed by atoms with Gasteiger partial charge in [0.1, 0.15) is 5.76 Å². The minimum Gasteiger partial charge on any atom is -0.446 e. The molecule has 3 nitrogen and oxygen atoms in total. The monoisotopic (exact) mass is 203 g/mol. The lowest BCUT2D eigenvalue weighted by Gasteiger charge is -1.94. The molecule has 0 N–H and O–H groups in total. The maximum Gasteiger partial charge on any atom is 0.194 e. The Morgan fingerprint density at radius 3 is 3.08 bits per heavy atom. The van der Waals surface area contributed by atoms with Gasteiger partial charge in [0.05, 0.1) is 12.8 Å². The number of nitrogens with zero attached hydrogens (tertiary/aromatic N) is 1. The normalized spacial score (nSPS) is 10.6. The molecule has 0 radical (unpaired) electrons. The van der Waals surface area contributed by atoms with Crippen molar-refractivity contribution in [2.24, 2.45) is 0 Å². The van der Waals surface area contributed by atoms with E-state index in [4.69, 9.17) is 20.8 Å². The standard InChI is InChI=1S/C9H14ClNO2/c1-12-6-4-8-7-11-9(13-8)3-2-5-10/h7H,2-6H2,1H3. The van der Waals surface area contributed by atoms with Crippen molar-refractivity contribution >= 4 is 11.6 Å². The van der Waals surface area contributed by atoms with Gasteiger partial charge in [-0.1, -0.05) is 0 Å². The number of hydrogen-bond donors (Lipinski definition) is 0. The molecule has 0 aliphatic rings. The Morgan fingerprint density at radius 1 is 1.54 bits per heavy atom. The number of hydrogen-bond acceptors (Lipinski definition) is 3. The van der Waals surface area contributed by atoms with E-state index in [1.807, 2.05) is 0 Å². The van der Waals surface area contributed by atoms with Gasteiger partial charge in [-0.2, -0.15) is 0 Å². The molecule has 0 spiro atoms. The highest BCUT2D eigenvalue weighted by molar-refractivity contribution is 6.17. The summed E-state index contributed by atoms with van der Waals surface area (Å²) in [6, 6.07) is 0. The van der Waals surface area contributed by atoms with Crippen LogP contribution in [-0.4, -0.2) is 24.6 Å². The predicted octanol–water partition coefficient (Wildman–Crippen LogP) is 2.03. The van der Waals surface area contributed by atoms with Crippen molar-refractivity contribution in [1.29, 1.82) is 0 Å². The minimum absolute atomic E-state index is 0.649. The first-order valence-corrected chi connectivity index (χ1v) is 4.88. The molecule has 0 aliphatic carbocycles. The van der Waals surface area contributed by atoms with Crippen LogP contribution in [-0.2, 0) is 17.6 Å². The van der Waals surface area contributed by atoms with Gasteiger partial charge in [0.25, 0.3) is 0 Å². The largest absolute Gasteiger partial charge is 0.446 e. The number of ether oxygens (including phenoxy) is 1. The summed E-state index contributed by atoms with van der Waals surface area (Å²) in [7, 11) is 1.67. The van der Waals surface area contributed by atoms with Crippen molar-refractivity contribution in [1.82, 2.24) is 4.98 Å². The van der Waals surface area contributed by atoms with E-state index in [2.05, 4.69) is 4.98 Å². The van der Waals surface area contributed by atoms with Crippen LogP contribution in [0.3, 0.4) is 0 Å². The van der Waals surface area contributed by atoms with Gasteiger partial charge in [-0.15, -0.1) is 11.6 Å². The summed E-state index contributed by atoms with van der Waals surface area (Å²) in [5, 5.41) is 0. The van der Waals surface area contributed by atoms with E-state index in [0.29, 0.717) is 12.5 Å². The molecule has 1 heterocycles. The highest BCUT2D eigenvalue weighted by Gasteiger charge is 2.02. The number of aromatic nitrogens is 1. The molecule has 0 amide bonds. The number of rotatable bonds is 6. The predicted molar refractivity (Wildman–Crippen MR) is 51.1 cm³/mol. The van der Waals surface area contributed by atoms with E-state index in [1.165, 1.54) is 0 Å². The molecular weight excluding hydrogens is 190 g/mol. The molecule has 13 heavy (non-hydrogen) atoms. The maximum absolute atomic E-state index is 5.55. The van der Waals surface area contributed by atoms with Gasteiger partial charge in [0.15, 0.2) is 5.89 Å². The van der Waals surface area contributed by atoms with E-state index in [0.717, 1.165) is 30.9 Å². The molecule has 0 atom stereocenters. The van der Waals surface area contributed by atoms with Crippen molar-refractivity contribution in [2.45, 2.75) is 19.3 Å². The fraction of sp³-hybridized carbons (Fsp3) is 0.667. The fourth-order valence-corrected chi connectivity index (χ4v) is 1.13. The SMILES string of the molecule is COCCc1cnc(CCCCl)o1. The van der Waals surface area contributed by atoms with Crippen LogP contribution in [0.2, 0.25) is 0 Å². The van der Waals surface area contributed by atoms with Crippen LogP contribution in [0.1, 0.15) is 18.1 Å². The summed E-state index contributed by atoms with van der Waals surface area (Å²) in [4.78, 5) is 4.13. The third-order valence-electron chi connectivity index (χ3n) is 1.68. The number of aryl methyl sites for hydroxylation is 1. The first-order chi connectivity index (χ1) is 6.36. The van der Waals surface area contributed by atoms with Crippen molar-refractivity contribution in [3.63, 3.8) is 0 Å². The van der Waals surface area contributed by atoms with Crippen LogP contribution < -0.4 is 0 Å². The Labute approximate surface area is 83.1 Å². The molecule has 0 saturated heterocycles. The first-order valence-electron chi connectivity index (χ1n) is 4.35. The zero-order valence-electron chi connectivity index (χ0n) is 7.75. The average molecular weight is 204 g/mol. The molecule has 74 valence electrons. The van der Waals surface area contributed by atoms with E-state index >= 15 is 0 Å². The lowest BCUT2D eigenvalue weighted by Crippen LogP contribution is -1.92. The number of oxazole rings is 1. The Balaban J connectivity index is 2.34. The highest BCUT2D eigenvalue weighted by atomic mass is 35.5. The smallest absolute Gasteiger partial charge is 0.194 e.